The van der Waals surface area contributed by atoms with Gasteiger partial charge >= 0.3 is 0 Å². The molecule has 104 valence electrons. The number of amides is 1. The van der Waals surface area contributed by atoms with Gasteiger partial charge in [0.25, 0.3) is 0 Å². The Morgan fingerprint density at radius 3 is 2.70 bits per heavy atom. The highest BCUT2D eigenvalue weighted by Gasteiger charge is 2.24. The molecule has 0 aliphatic rings. The van der Waals surface area contributed by atoms with E-state index in [0.717, 1.165) is 10.2 Å². The average molecular weight is 287 g/mol. The Morgan fingerprint density at radius 2 is 2.00 bits per heavy atom. The summed E-state index contributed by atoms with van der Waals surface area (Å²) in [4.78, 5) is 12.1. The molecule has 4 nitrogen and oxygen atoms in total. The third-order valence-corrected chi connectivity index (χ3v) is 4.44. The van der Waals surface area contributed by atoms with Crippen LogP contribution in [-0.2, 0) is 11.8 Å². The Morgan fingerprint density at radius 1 is 1.30 bits per heavy atom. The molecule has 0 unspecified atom stereocenters. The molecule has 5 heteroatoms. The van der Waals surface area contributed by atoms with Gasteiger partial charge in [-0.05, 0) is 6.07 Å². The number of aryl methyl sites for hydroxylation is 1. The second-order valence-corrected chi connectivity index (χ2v) is 7.00. The van der Waals surface area contributed by atoms with Crippen molar-refractivity contribution in [3.8, 4) is 0 Å². The van der Waals surface area contributed by atoms with Crippen molar-refractivity contribution in [1.82, 2.24) is 9.78 Å². The lowest BCUT2D eigenvalue weighted by Gasteiger charge is -2.16. The summed E-state index contributed by atoms with van der Waals surface area (Å²) in [5.74, 6) is 0.638. The SMILES string of the molecule is Cn1nc(NC(=O)C(C)(C)C)c2sc3ccccc3c21. The van der Waals surface area contributed by atoms with E-state index < -0.39 is 5.41 Å². The van der Waals surface area contributed by atoms with Crippen LogP contribution in [0.25, 0.3) is 20.3 Å². The van der Waals surface area contributed by atoms with Crippen LogP contribution in [0.15, 0.2) is 24.3 Å². The van der Waals surface area contributed by atoms with Gasteiger partial charge in [-0.1, -0.05) is 39.0 Å². The summed E-state index contributed by atoms with van der Waals surface area (Å²) in [6.45, 7) is 5.69. The maximum Gasteiger partial charge on any atom is 0.230 e. The molecule has 0 spiro atoms. The molecule has 0 radical (unpaired) electrons. The lowest BCUT2D eigenvalue weighted by atomic mass is 9.96. The summed E-state index contributed by atoms with van der Waals surface area (Å²) in [5.41, 5.74) is 0.648. The minimum absolute atomic E-state index is 0.0186. The molecule has 0 fully saturated rings. The number of aromatic nitrogens is 2. The van der Waals surface area contributed by atoms with Gasteiger partial charge in [-0.2, -0.15) is 5.10 Å². The minimum atomic E-state index is -0.430. The number of anilines is 1. The van der Waals surface area contributed by atoms with Gasteiger partial charge in [0.1, 0.15) is 0 Å². The smallest absolute Gasteiger partial charge is 0.230 e. The van der Waals surface area contributed by atoms with Gasteiger partial charge in [0, 0.05) is 22.5 Å². The third kappa shape index (κ3) is 1.98. The first-order valence-corrected chi connectivity index (χ1v) is 7.35. The number of hydrogen-bond donors (Lipinski definition) is 1. The van der Waals surface area contributed by atoms with Gasteiger partial charge in [-0.25, -0.2) is 0 Å². The molecule has 0 saturated carbocycles. The molecule has 1 amide bonds. The number of fused-ring (bicyclic) bond motifs is 3. The Hall–Kier alpha value is -1.88. The van der Waals surface area contributed by atoms with Crippen LogP contribution < -0.4 is 5.32 Å². The quantitative estimate of drug-likeness (QED) is 0.740. The number of hydrogen-bond acceptors (Lipinski definition) is 3. The molecule has 0 aliphatic heterocycles. The number of nitrogens with one attached hydrogen (secondary N) is 1. The molecule has 3 rings (SSSR count). The second-order valence-electron chi connectivity index (χ2n) is 5.95. The first-order chi connectivity index (χ1) is 9.38. The van der Waals surface area contributed by atoms with Crippen molar-refractivity contribution >= 4 is 43.4 Å². The lowest BCUT2D eigenvalue weighted by Crippen LogP contribution is -2.27. The third-order valence-electron chi connectivity index (χ3n) is 3.27. The van der Waals surface area contributed by atoms with Gasteiger partial charge < -0.3 is 5.32 Å². The fourth-order valence-electron chi connectivity index (χ4n) is 2.14. The number of carbonyl (C=O) groups excluding carboxylic acids is 1. The molecule has 3 aromatic rings. The van der Waals surface area contributed by atoms with Gasteiger partial charge in [-0.15, -0.1) is 11.3 Å². The van der Waals surface area contributed by atoms with Crippen molar-refractivity contribution in [2.45, 2.75) is 20.8 Å². The van der Waals surface area contributed by atoms with Crippen molar-refractivity contribution in [3.05, 3.63) is 24.3 Å². The van der Waals surface area contributed by atoms with Crippen LogP contribution in [0.3, 0.4) is 0 Å². The molecule has 0 atom stereocenters. The summed E-state index contributed by atoms with van der Waals surface area (Å²) in [7, 11) is 1.91. The number of thiophene rings is 1. The minimum Gasteiger partial charge on any atom is -0.308 e. The van der Waals surface area contributed by atoms with Gasteiger partial charge in [0.05, 0.1) is 10.2 Å². The van der Waals surface area contributed by atoms with E-state index >= 15 is 0 Å². The maximum atomic E-state index is 12.1. The number of benzene rings is 1. The van der Waals surface area contributed by atoms with Crippen LogP contribution in [-0.4, -0.2) is 15.7 Å². The lowest BCUT2D eigenvalue weighted by molar-refractivity contribution is -0.123. The Balaban J connectivity index is 2.15. The first kappa shape index (κ1) is 13.1. The first-order valence-electron chi connectivity index (χ1n) is 6.53. The summed E-state index contributed by atoms with van der Waals surface area (Å²) in [6.07, 6.45) is 0. The standard InChI is InChI=1S/C15H17N3OS/c1-15(2,3)14(19)16-13-12-11(18(4)17-13)9-7-5-6-8-10(9)20-12/h5-8H,1-4H3,(H,16,17,19). The molecule has 2 aromatic heterocycles. The van der Waals surface area contributed by atoms with Gasteiger partial charge in [-0.3, -0.25) is 9.48 Å². The van der Waals surface area contributed by atoms with E-state index in [4.69, 9.17) is 0 Å². The predicted octanol–water partition coefficient (Wildman–Crippen LogP) is 3.77. The van der Waals surface area contributed by atoms with E-state index in [9.17, 15) is 4.79 Å². The van der Waals surface area contributed by atoms with E-state index in [1.807, 2.05) is 44.6 Å². The summed E-state index contributed by atoms with van der Waals surface area (Å²) in [6, 6.07) is 8.23. The fraction of sp³-hybridized carbons (Fsp3) is 0.333. The van der Waals surface area contributed by atoms with E-state index in [0.29, 0.717) is 5.82 Å². The Bertz CT molecular complexity index is 808. The van der Waals surface area contributed by atoms with E-state index in [1.165, 1.54) is 10.1 Å². The zero-order valence-corrected chi connectivity index (χ0v) is 12.8. The van der Waals surface area contributed by atoms with Crippen LogP contribution in [0.2, 0.25) is 0 Å². The summed E-state index contributed by atoms with van der Waals surface area (Å²) < 4.78 is 4.08. The Kier molecular flexibility index (Phi) is 2.83. The highest BCUT2D eigenvalue weighted by molar-refractivity contribution is 7.26. The normalized spacial score (nSPS) is 12.2. The molecule has 0 bridgehead atoms. The van der Waals surface area contributed by atoms with Crippen LogP contribution >= 0.6 is 11.3 Å². The average Bonchev–Trinajstić information content (AvgIpc) is 2.87. The van der Waals surface area contributed by atoms with Crippen molar-refractivity contribution in [1.29, 1.82) is 0 Å². The molecule has 1 N–H and O–H groups in total. The molecule has 0 aliphatic carbocycles. The topological polar surface area (TPSA) is 46.9 Å². The van der Waals surface area contributed by atoms with E-state index in [-0.39, 0.29) is 5.91 Å². The largest absolute Gasteiger partial charge is 0.308 e. The van der Waals surface area contributed by atoms with Crippen molar-refractivity contribution in [3.63, 3.8) is 0 Å². The van der Waals surface area contributed by atoms with Crippen LogP contribution in [0.5, 0.6) is 0 Å². The van der Waals surface area contributed by atoms with E-state index in [2.05, 4.69) is 22.5 Å². The highest BCUT2D eigenvalue weighted by atomic mass is 32.1. The number of carbonyl (C=O) groups is 1. The molecular formula is C15H17N3OS. The molecule has 2 heterocycles. The zero-order chi connectivity index (χ0) is 14.5. The highest BCUT2D eigenvalue weighted by Crippen LogP contribution is 2.37. The molecular weight excluding hydrogens is 270 g/mol. The predicted molar refractivity (Wildman–Crippen MR) is 84.2 cm³/mol. The van der Waals surface area contributed by atoms with Gasteiger partial charge in [0.15, 0.2) is 5.82 Å². The second kappa shape index (κ2) is 4.31. The Labute approximate surface area is 121 Å². The zero-order valence-electron chi connectivity index (χ0n) is 12.0. The van der Waals surface area contributed by atoms with Crippen LogP contribution in [0.4, 0.5) is 5.82 Å². The number of rotatable bonds is 1. The monoisotopic (exact) mass is 287 g/mol. The van der Waals surface area contributed by atoms with Crippen LogP contribution in [0.1, 0.15) is 20.8 Å². The summed E-state index contributed by atoms with van der Waals surface area (Å²) >= 11 is 1.66. The molecule has 1 aromatic carbocycles. The van der Waals surface area contributed by atoms with Crippen LogP contribution in [0, 0.1) is 5.41 Å². The maximum absolute atomic E-state index is 12.1. The van der Waals surface area contributed by atoms with Crippen molar-refractivity contribution in [2.24, 2.45) is 12.5 Å². The van der Waals surface area contributed by atoms with E-state index in [1.54, 1.807) is 11.3 Å². The summed E-state index contributed by atoms with van der Waals surface area (Å²) in [5, 5.41) is 8.57. The molecule has 20 heavy (non-hydrogen) atoms. The van der Waals surface area contributed by atoms with Gasteiger partial charge in [0.2, 0.25) is 5.91 Å². The fourth-order valence-corrected chi connectivity index (χ4v) is 3.30. The van der Waals surface area contributed by atoms with Crippen molar-refractivity contribution in [2.75, 3.05) is 5.32 Å². The number of nitrogens with zero attached hydrogens (tertiary/aromatic N) is 2. The molecule has 0 saturated heterocycles. The van der Waals surface area contributed by atoms with Crippen molar-refractivity contribution < 1.29 is 4.79 Å².